The van der Waals surface area contributed by atoms with E-state index < -0.39 is 0 Å². The van der Waals surface area contributed by atoms with Gasteiger partial charge in [0.2, 0.25) is 0 Å². The Morgan fingerprint density at radius 2 is 2.00 bits per heavy atom. The number of guanidine groups is 1. The van der Waals surface area contributed by atoms with E-state index in [-0.39, 0.29) is 24.0 Å². The maximum absolute atomic E-state index is 4.70. The summed E-state index contributed by atoms with van der Waals surface area (Å²) >= 11 is 0. The van der Waals surface area contributed by atoms with Crippen molar-refractivity contribution in [3.05, 3.63) is 48.0 Å². The third-order valence-corrected chi connectivity index (χ3v) is 3.92. The first-order valence-corrected chi connectivity index (χ1v) is 8.68. The number of halogens is 1. The quantitative estimate of drug-likeness (QED) is 0.364. The fraction of sp³-hybridized carbons (Fsp3) is 0.500. The number of benzene rings is 1. The third kappa shape index (κ3) is 7.41. The van der Waals surface area contributed by atoms with E-state index in [9.17, 15) is 0 Å². The number of nitrogens with one attached hydrogen (secondary N) is 2. The number of aryl methyl sites for hydroxylation is 1. The molecule has 0 radical (unpaired) electrons. The molecule has 0 aliphatic heterocycles. The molecule has 0 spiro atoms. The van der Waals surface area contributed by atoms with Gasteiger partial charge in [0.15, 0.2) is 5.96 Å². The zero-order valence-electron chi connectivity index (χ0n) is 15.3. The summed E-state index contributed by atoms with van der Waals surface area (Å²) in [6.45, 7) is 8.68. The lowest BCUT2D eigenvalue weighted by molar-refractivity contribution is 0.599. The lowest BCUT2D eigenvalue weighted by Gasteiger charge is -2.17. The summed E-state index contributed by atoms with van der Waals surface area (Å²) in [6.07, 6.45) is 3.72. The molecule has 0 saturated carbocycles. The highest BCUT2D eigenvalue weighted by molar-refractivity contribution is 14.0. The van der Waals surface area contributed by atoms with Crippen molar-refractivity contribution in [2.75, 3.05) is 6.54 Å². The molecule has 6 nitrogen and oxygen atoms in total. The molecule has 0 aliphatic rings. The zero-order chi connectivity index (χ0) is 17.2. The van der Waals surface area contributed by atoms with Crippen LogP contribution in [0.2, 0.25) is 0 Å². The summed E-state index contributed by atoms with van der Waals surface area (Å²) in [7, 11) is 0. The molecular weight excluding hydrogens is 427 g/mol. The predicted molar refractivity (Wildman–Crippen MR) is 113 cm³/mol. The minimum atomic E-state index is 0. The van der Waals surface area contributed by atoms with Gasteiger partial charge >= 0.3 is 0 Å². The van der Waals surface area contributed by atoms with Crippen molar-refractivity contribution in [1.82, 2.24) is 25.4 Å². The van der Waals surface area contributed by atoms with Gasteiger partial charge < -0.3 is 15.2 Å². The molecule has 0 bridgehead atoms. The minimum absolute atomic E-state index is 0. The van der Waals surface area contributed by atoms with Crippen LogP contribution in [0.1, 0.15) is 38.6 Å². The SMILES string of the molecule is CCc1nncn1CCNC(=NCc1ccccc1)NC(C)CC.I. The van der Waals surface area contributed by atoms with Crippen LogP contribution in [0.15, 0.2) is 41.7 Å². The largest absolute Gasteiger partial charge is 0.355 e. The van der Waals surface area contributed by atoms with Gasteiger partial charge in [-0.3, -0.25) is 0 Å². The van der Waals surface area contributed by atoms with Gasteiger partial charge in [-0.1, -0.05) is 44.2 Å². The average molecular weight is 456 g/mol. The summed E-state index contributed by atoms with van der Waals surface area (Å²) in [5, 5.41) is 14.9. The standard InChI is InChI=1S/C18H28N6.HI/c1-4-15(3)22-18(20-13-16-9-7-6-8-10-16)19-11-12-24-14-21-23-17(24)5-2;/h6-10,14-15H,4-5,11-13H2,1-3H3,(H2,19,20,22);1H. The van der Waals surface area contributed by atoms with E-state index in [1.165, 1.54) is 5.56 Å². The summed E-state index contributed by atoms with van der Waals surface area (Å²) < 4.78 is 2.07. The maximum Gasteiger partial charge on any atom is 0.191 e. The Hall–Kier alpha value is -1.64. The molecule has 2 rings (SSSR count). The second kappa shape index (κ2) is 11.8. The van der Waals surface area contributed by atoms with E-state index in [4.69, 9.17) is 4.99 Å². The van der Waals surface area contributed by atoms with Crippen molar-refractivity contribution >= 4 is 29.9 Å². The Balaban J connectivity index is 0.00000312. The number of aliphatic imine (C=N–C) groups is 1. The molecule has 0 saturated heterocycles. The van der Waals surface area contributed by atoms with Gasteiger partial charge in [0.25, 0.3) is 0 Å². The highest BCUT2D eigenvalue weighted by atomic mass is 127. The molecule has 138 valence electrons. The van der Waals surface area contributed by atoms with Crippen LogP contribution in [0.4, 0.5) is 0 Å². The van der Waals surface area contributed by atoms with E-state index in [1.807, 2.05) is 18.2 Å². The van der Waals surface area contributed by atoms with Crippen molar-refractivity contribution in [3.8, 4) is 0 Å². The number of hydrogen-bond acceptors (Lipinski definition) is 3. The van der Waals surface area contributed by atoms with Crippen LogP contribution in [0, 0.1) is 0 Å². The molecule has 1 atom stereocenters. The Morgan fingerprint density at radius 3 is 2.68 bits per heavy atom. The van der Waals surface area contributed by atoms with Crippen molar-refractivity contribution in [1.29, 1.82) is 0 Å². The Kier molecular flexibility index (Phi) is 10.1. The van der Waals surface area contributed by atoms with E-state index in [2.05, 4.69) is 58.3 Å². The predicted octanol–water partition coefficient (Wildman–Crippen LogP) is 2.99. The Morgan fingerprint density at radius 1 is 1.24 bits per heavy atom. The van der Waals surface area contributed by atoms with Gasteiger partial charge in [-0.05, 0) is 18.9 Å². The molecule has 1 aromatic carbocycles. The number of hydrogen-bond donors (Lipinski definition) is 2. The highest BCUT2D eigenvalue weighted by Crippen LogP contribution is 2.00. The van der Waals surface area contributed by atoms with Crippen LogP contribution in [0.5, 0.6) is 0 Å². The summed E-state index contributed by atoms with van der Waals surface area (Å²) in [6, 6.07) is 10.7. The van der Waals surface area contributed by atoms with Crippen LogP contribution < -0.4 is 10.6 Å². The first-order chi connectivity index (χ1) is 11.7. The van der Waals surface area contributed by atoms with Crippen molar-refractivity contribution < 1.29 is 0 Å². The minimum Gasteiger partial charge on any atom is -0.355 e. The smallest absolute Gasteiger partial charge is 0.191 e. The molecular formula is C18H29IN6. The molecule has 1 heterocycles. The van der Waals surface area contributed by atoms with E-state index >= 15 is 0 Å². The Labute approximate surface area is 167 Å². The van der Waals surface area contributed by atoms with E-state index in [0.717, 1.165) is 37.7 Å². The second-order valence-electron chi connectivity index (χ2n) is 5.82. The number of aromatic nitrogens is 3. The highest BCUT2D eigenvalue weighted by Gasteiger charge is 2.05. The van der Waals surface area contributed by atoms with E-state index in [1.54, 1.807) is 6.33 Å². The molecule has 25 heavy (non-hydrogen) atoms. The fourth-order valence-electron chi connectivity index (χ4n) is 2.28. The number of rotatable bonds is 8. The van der Waals surface area contributed by atoms with Crippen LogP contribution in [-0.2, 0) is 19.5 Å². The van der Waals surface area contributed by atoms with Gasteiger partial charge in [0.1, 0.15) is 12.2 Å². The number of nitrogens with zero attached hydrogens (tertiary/aromatic N) is 4. The molecule has 0 aliphatic carbocycles. The van der Waals surface area contributed by atoms with E-state index in [0.29, 0.717) is 12.6 Å². The van der Waals surface area contributed by atoms with Crippen molar-refractivity contribution in [3.63, 3.8) is 0 Å². The summed E-state index contributed by atoms with van der Waals surface area (Å²) in [5.41, 5.74) is 1.20. The van der Waals surface area contributed by atoms with Crippen LogP contribution in [0.3, 0.4) is 0 Å². The maximum atomic E-state index is 4.70. The summed E-state index contributed by atoms with van der Waals surface area (Å²) in [4.78, 5) is 4.70. The van der Waals surface area contributed by atoms with Gasteiger partial charge in [-0.2, -0.15) is 0 Å². The van der Waals surface area contributed by atoms with Crippen molar-refractivity contribution in [2.24, 2.45) is 4.99 Å². The summed E-state index contributed by atoms with van der Waals surface area (Å²) in [5.74, 6) is 1.86. The lowest BCUT2D eigenvalue weighted by atomic mass is 10.2. The van der Waals surface area contributed by atoms with Gasteiger partial charge in [-0.25, -0.2) is 4.99 Å². The molecule has 0 fully saturated rings. The molecule has 1 aromatic heterocycles. The monoisotopic (exact) mass is 456 g/mol. The third-order valence-electron chi connectivity index (χ3n) is 3.92. The zero-order valence-corrected chi connectivity index (χ0v) is 17.6. The first kappa shape index (κ1) is 21.4. The topological polar surface area (TPSA) is 67.1 Å². The molecule has 1 unspecified atom stereocenters. The lowest BCUT2D eigenvalue weighted by Crippen LogP contribution is -2.43. The van der Waals surface area contributed by atoms with Crippen LogP contribution in [0.25, 0.3) is 0 Å². The normalized spacial score (nSPS) is 12.4. The van der Waals surface area contributed by atoms with Crippen LogP contribution >= 0.6 is 24.0 Å². The van der Waals surface area contributed by atoms with Crippen molar-refractivity contribution in [2.45, 2.75) is 52.7 Å². The van der Waals surface area contributed by atoms with Gasteiger partial charge in [0, 0.05) is 25.6 Å². The Bertz CT molecular complexity index is 626. The first-order valence-electron chi connectivity index (χ1n) is 8.68. The van der Waals surface area contributed by atoms with Gasteiger partial charge in [0.05, 0.1) is 6.54 Å². The van der Waals surface area contributed by atoms with Crippen LogP contribution in [-0.4, -0.2) is 33.3 Å². The molecule has 7 heteroatoms. The average Bonchev–Trinajstić information content (AvgIpc) is 3.07. The van der Waals surface area contributed by atoms with Gasteiger partial charge in [-0.15, -0.1) is 34.2 Å². The molecule has 2 N–H and O–H groups in total. The second-order valence-corrected chi connectivity index (χ2v) is 5.82. The fourth-order valence-corrected chi connectivity index (χ4v) is 2.28. The molecule has 0 amide bonds. The molecule has 2 aromatic rings.